The first-order valence-electron chi connectivity index (χ1n) is 5.78. The number of hydrogen-bond acceptors (Lipinski definition) is 5. The molecular formula is C10H14N4O5S. The molecule has 110 valence electrons. The number of nitrogens with one attached hydrogen (secondary N) is 2. The number of aryl methyl sites for hydroxylation is 2. The maximum atomic E-state index is 12.6. The first-order valence-corrected chi connectivity index (χ1v) is 7.22. The third-order valence-corrected chi connectivity index (χ3v) is 5.17. The predicted octanol–water partition coefficient (Wildman–Crippen LogP) is -1.40. The van der Waals surface area contributed by atoms with Crippen LogP contribution in [0.2, 0.25) is 0 Å². The minimum absolute atomic E-state index is 0.0848. The lowest BCUT2D eigenvalue weighted by Crippen LogP contribution is -2.59. The van der Waals surface area contributed by atoms with Crippen molar-refractivity contribution in [2.45, 2.75) is 24.8 Å². The molecule has 1 aromatic rings. The van der Waals surface area contributed by atoms with Gasteiger partial charge in [-0.1, -0.05) is 0 Å². The highest BCUT2D eigenvalue weighted by Crippen LogP contribution is 2.24. The van der Waals surface area contributed by atoms with Gasteiger partial charge in [0.1, 0.15) is 10.9 Å². The molecule has 20 heavy (non-hydrogen) atoms. The van der Waals surface area contributed by atoms with Crippen molar-refractivity contribution < 1.29 is 23.1 Å². The minimum Gasteiger partial charge on any atom is -0.480 e. The summed E-state index contributed by atoms with van der Waals surface area (Å²) in [4.78, 5) is 22.5. The van der Waals surface area contributed by atoms with E-state index >= 15 is 0 Å². The van der Waals surface area contributed by atoms with Gasteiger partial charge in [-0.3, -0.25) is 14.7 Å². The molecule has 1 atom stereocenters. The van der Waals surface area contributed by atoms with Crippen molar-refractivity contribution in [1.29, 1.82) is 0 Å². The van der Waals surface area contributed by atoms with Gasteiger partial charge in [-0.2, -0.15) is 9.40 Å². The summed E-state index contributed by atoms with van der Waals surface area (Å²) in [7, 11) is -4.11. The van der Waals surface area contributed by atoms with Gasteiger partial charge < -0.3 is 10.4 Å². The van der Waals surface area contributed by atoms with Gasteiger partial charge in [0.15, 0.2) is 0 Å². The van der Waals surface area contributed by atoms with E-state index in [1.807, 2.05) is 0 Å². The molecule has 1 saturated heterocycles. The first-order chi connectivity index (χ1) is 9.25. The van der Waals surface area contributed by atoms with Crippen LogP contribution in [0.4, 0.5) is 0 Å². The van der Waals surface area contributed by atoms with E-state index in [1.165, 1.54) is 13.8 Å². The lowest BCUT2D eigenvalue weighted by molar-refractivity contribution is -0.143. The molecule has 0 aromatic carbocycles. The molecule has 0 radical (unpaired) electrons. The van der Waals surface area contributed by atoms with Gasteiger partial charge in [-0.15, -0.1) is 0 Å². The molecular weight excluding hydrogens is 288 g/mol. The van der Waals surface area contributed by atoms with Crippen LogP contribution in [0.5, 0.6) is 0 Å². The number of nitrogens with zero attached hydrogens (tertiary/aromatic N) is 2. The molecule has 1 aromatic heterocycles. The van der Waals surface area contributed by atoms with Crippen molar-refractivity contribution in [2.24, 2.45) is 0 Å². The number of aliphatic carboxylic acids is 1. The molecule has 1 fully saturated rings. The van der Waals surface area contributed by atoms with Gasteiger partial charge in [0.2, 0.25) is 15.9 Å². The van der Waals surface area contributed by atoms with E-state index in [-0.39, 0.29) is 17.1 Å². The third-order valence-electron chi connectivity index (χ3n) is 3.05. The Morgan fingerprint density at radius 2 is 2.10 bits per heavy atom. The molecule has 0 aliphatic carbocycles. The van der Waals surface area contributed by atoms with Crippen LogP contribution in [-0.4, -0.2) is 59.0 Å². The zero-order valence-corrected chi connectivity index (χ0v) is 11.7. The quantitative estimate of drug-likeness (QED) is 0.629. The number of carbonyl (C=O) groups is 2. The number of H-pyrrole nitrogens is 1. The van der Waals surface area contributed by atoms with Gasteiger partial charge in [-0.25, -0.2) is 8.42 Å². The largest absolute Gasteiger partial charge is 0.480 e. The zero-order chi connectivity index (χ0) is 15.1. The summed E-state index contributed by atoms with van der Waals surface area (Å²) < 4.78 is 25.8. The summed E-state index contributed by atoms with van der Waals surface area (Å²) >= 11 is 0. The molecule has 0 spiro atoms. The molecule has 0 saturated carbocycles. The summed E-state index contributed by atoms with van der Waals surface area (Å²) in [6.45, 7) is 2.23. The fourth-order valence-corrected chi connectivity index (χ4v) is 3.99. The van der Waals surface area contributed by atoms with Crippen LogP contribution in [0.25, 0.3) is 0 Å². The van der Waals surface area contributed by atoms with Crippen LogP contribution >= 0.6 is 0 Å². The molecule has 1 aliphatic rings. The minimum atomic E-state index is -4.11. The van der Waals surface area contributed by atoms with Crippen LogP contribution < -0.4 is 5.32 Å². The standard InChI is InChI=1S/C10H14N4O5S/c1-5-9(6(2)13-12-5)20(18,19)14-4-8(15)11-3-7(14)10(16)17/h7H,3-4H2,1-2H3,(H,11,15)(H,12,13)(H,16,17). The number of aromatic amines is 1. The van der Waals surface area contributed by atoms with Gasteiger partial charge in [0.25, 0.3) is 0 Å². The van der Waals surface area contributed by atoms with E-state index in [2.05, 4.69) is 15.5 Å². The van der Waals surface area contributed by atoms with Crippen molar-refractivity contribution in [3.63, 3.8) is 0 Å². The normalized spacial score (nSPS) is 20.7. The topological polar surface area (TPSA) is 132 Å². The lowest BCUT2D eigenvalue weighted by Gasteiger charge is -2.31. The summed E-state index contributed by atoms with van der Waals surface area (Å²) in [5, 5.41) is 17.8. The fraction of sp³-hybridized carbons (Fsp3) is 0.500. The van der Waals surface area contributed by atoms with E-state index in [4.69, 9.17) is 5.11 Å². The number of carboxylic acid groups (broad SMARTS) is 1. The van der Waals surface area contributed by atoms with Gasteiger partial charge in [0.05, 0.1) is 17.9 Å². The maximum Gasteiger partial charge on any atom is 0.323 e. The molecule has 2 heterocycles. The molecule has 10 heteroatoms. The van der Waals surface area contributed by atoms with Crippen molar-refractivity contribution >= 4 is 21.9 Å². The highest BCUT2D eigenvalue weighted by atomic mass is 32.2. The van der Waals surface area contributed by atoms with Crippen molar-refractivity contribution in [2.75, 3.05) is 13.1 Å². The molecule has 3 N–H and O–H groups in total. The number of sulfonamides is 1. The van der Waals surface area contributed by atoms with Crippen molar-refractivity contribution in [1.82, 2.24) is 19.8 Å². The SMILES string of the molecule is Cc1n[nH]c(C)c1S(=O)(=O)N1CC(=O)NCC1C(=O)O. The van der Waals surface area contributed by atoms with Crippen LogP contribution in [0.3, 0.4) is 0 Å². The van der Waals surface area contributed by atoms with Crippen molar-refractivity contribution in [3.05, 3.63) is 11.4 Å². The monoisotopic (exact) mass is 302 g/mol. The lowest BCUT2D eigenvalue weighted by atomic mass is 10.2. The Balaban J connectivity index is 2.50. The summed E-state index contributed by atoms with van der Waals surface area (Å²) in [5.41, 5.74) is 0.537. The molecule has 0 bridgehead atoms. The number of aromatic nitrogens is 2. The average Bonchev–Trinajstić information content (AvgIpc) is 2.69. The second-order valence-corrected chi connectivity index (χ2v) is 6.30. The second-order valence-electron chi connectivity index (χ2n) is 4.47. The second kappa shape index (κ2) is 4.87. The van der Waals surface area contributed by atoms with Crippen LogP contribution in [0.1, 0.15) is 11.4 Å². The Kier molecular flexibility index (Phi) is 3.52. The van der Waals surface area contributed by atoms with Gasteiger partial charge in [0, 0.05) is 6.54 Å². The highest BCUT2D eigenvalue weighted by molar-refractivity contribution is 7.89. The van der Waals surface area contributed by atoms with Crippen LogP contribution in [0, 0.1) is 13.8 Å². The Bertz CT molecular complexity index is 646. The molecule has 1 unspecified atom stereocenters. The van der Waals surface area contributed by atoms with E-state index < -0.39 is 34.5 Å². The summed E-state index contributed by atoms with van der Waals surface area (Å²) in [6, 6.07) is -1.33. The average molecular weight is 302 g/mol. The Morgan fingerprint density at radius 1 is 1.45 bits per heavy atom. The van der Waals surface area contributed by atoms with E-state index in [1.54, 1.807) is 0 Å². The van der Waals surface area contributed by atoms with Gasteiger partial charge in [-0.05, 0) is 13.8 Å². The zero-order valence-electron chi connectivity index (χ0n) is 10.9. The Morgan fingerprint density at radius 3 is 2.60 bits per heavy atom. The first kappa shape index (κ1) is 14.5. The molecule has 2 rings (SSSR count). The Hall–Kier alpha value is -1.94. The molecule has 9 nitrogen and oxygen atoms in total. The number of piperazine rings is 1. The van der Waals surface area contributed by atoms with E-state index in [0.29, 0.717) is 10.00 Å². The van der Waals surface area contributed by atoms with E-state index in [0.717, 1.165) is 0 Å². The summed E-state index contributed by atoms with van der Waals surface area (Å²) in [5.74, 6) is -1.85. The predicted molar refractivity (Wildman–Crippen MR) is 66.4 cm³/mol. The van der Waals surface area contributed by atoms with Crippen molar-refractivity contribution in [3.8, 4) is 0 Å². The maximum absolute atomic E-state index is 12.6. The number of carboxylic acids is 1. The van der Waals surface area contributed by atoms with E-state index in [9.17, 15) is 18.0 Å². The molecule has 1 aliphatic heterocycles. The smallest absolute Gasteiger partial charge is 0.323 e. The number of rotatable bonds is 3. The molecule has 1 amide bonds. The Labute approximate surface area is 115 Å². The summed E-state index contributed by atoms with van der Waals surface area (Å²) in [6.07, 6.45) is 0. The van der Waals surface area contributed by atoms with Crippen LogP contribution in [0.15, 0.2) is 4.90 Å². The highest BCUT2D eigenvalue weighted by Gasteiger charge is 2.42. The number of amides is 1. The number of carbonyl (C=O) groups excluding carboxylic acids is 1. The third kappa shape index (κ3) is 2.27. The number of hydrogen-bond donors (Lipinski definition) is 3. The van der Waals surface area contributed by atoms with Gasteiger partial charge >= 0.3 is 5.97 Å². The fourth-order valence-electron chi connectivity index (χ4n) is 2.12. The van der Waals surface area contributed by atoms with Crippen LogP contribution in [-0.2, 0) is 19.6 Å².